The molecule has 1 aromatic heterocycles. The van der Waals surface area contributed by atoms with Crippen molar-refractivity contribution in [3.05, 3.63) is 66.3 Å². The Morgan fingerprint density at radius 3 is 2.68 bits per heavy atom. The van der Waals surface area contributed by atoms with Gasteiger partial charge >= 0.3 is 5.97 Å². The van der Waals surface area contributed by atoms with E-state index < -0.39 is 5.97 Å². The number of nitrogens with one attached hydrogen (secondary N) is 1. The van der Waals surface area contributed by atoms with Crippen LogP contribution in [0.3, 0.4) is 0 Å². The standard InChI is InChI=1S/C14H10N2O3/c17-14-11(9-15-10-5-2-1-3-6-10)13(16-19-14)12-7-4-8-18-12/h1-9,15H/b11-9+. The van der Waals surface area contributed by atoms with Crippen LogP contribution in [0.4, 0.5) is 5.69 Å². The second-order valence-corrected chi connectivity index (χ2v) is 3.86. The topological polar surface area (TPSA) is 63.8 Å². The van der Waals surface area contributed by atoms with Crippen molar-refractivity contribution in [1.29, 1.82) is 0 Å². The van der Waals surface area contributed by atoms with Gasteiger partial charge in [0.05, 0.1) is 6.26 Å². The monoisotopic (exact) mass is 254 g/mol. The molecule has 1 aliphatic heterocycles. The Hall–Kier alpha value is -2.82. The number of nitrogens with zero attached hydrogens (tertiary/aromatic N) is 1. The average Bonchev–Trinajstić information content (AvgIpc) is 3.07. The normalized spacial score (nSPS) is 16.3. The first-order valence-electron chi connectivity index (χ1n) is 5.70. The van der Waals surface area contributed by atoms with Crippen molar-refractivity contribution in [3.63, 3.8) is 0 Å². The van der Waals surface area contributed by atoms with Gasteiger partial charge in [-0.25, -0.2) is 4.79 Å². The van der Waals surface area contributed by atoms with Gasteiger partial charge in [0.1, 0.15) is 5.57 Å². The first-order chi connectivity index (χ1) is 9.34. The van der Waals surface area contributed by atoms with Gasteiger partial charge in [-0.05, 0) is 24.3 Å². The predicted octanol–water partition coefficient (Wildman–Crippen LogP) is 2.54. The van der Waals surface area contributed by atoms with E-state index in [9.17, 15) is 4.79 Å². The van der Waals surface area contributed by atoms with E-state index in [4.69, 9.17) is 4.42 Å². The van der Waals surface area contributed by atoms with Crippen LogP contribution in [-0.4, -0.2) is 11.7 Å². The van der Waals surface area contributed by atoms with E-state index in [1.807, 2.05) is 30.3 Å². The maximum Gasteiger partial charge on any atom is 0.369 e. The van der Waals surface area contributed by atoms with Crippen LogP contribution in [0.2, 0.25) is 0 Å². The van der Waals surface area contributed by atoms with Crippen molar-refractivity contribution in [3.8, 4) is 0 Å². The number of furan rings is 1. The Bertz CT molecular complexity index is 643. The minimum Gasteiger partial charge on any atom is -0.463 e. The number of hydrogen-bond acceptors (Lipinski definition) is 5. The second-order valence-electron chi connectivity index (χ2n) is 3.86. The smallest absolute Gasteiger partial charge is 0.369 e. The molecule has 5 heteroatoms. The van der Waals surface area contributed by atoms with Crippen molar-refractivity contribution in [2.45, 2.75) is 0 Å². The Labute approximate surface area is 109 Å². The summed E-state index contributed by atoms with van der Waals surface area (Å²) in [4.78, 5) is 16.3. The van der Waals surface area contributed by atoms with Gasteiger partial charge in [0.2, 0.25) is 0 Å². The van der Waals surface area contributed by atoms with E-state index in [1.165, 1.54) is 6.26 Å². The highest BCUT2D eigenvalue weighted by atomic mass is 16.7. The molecule has 2 aromatic rings. The Morgan fingerprint density at radius 2 is 1.95 bits per heavy atom. The van der Waals surface area contributed by atoms with Crippen LogP contribution >= 0.6 is 0 Å². The molecule has 0 atom stereocenters. The van der Waals surface area contributed by atoms with E-state index in [0.717, 1.165) is 5.69 Å². The quantitative estimate of drug-likeness (QED) is 0.675. The molecule has 0 amide bonds. The Balaban J connectivity index is 1.86. The zero-order valence-corrected chi connectivity index (χ0v) is 9.87. The fraction of sp³-hybridized carbons (Fsp3) is 0. The summed E-state index contributed by atoms with van der Waals surface area (Å²) in [5, 5.41) is 6.74. The lowest BCUT2D eigenvalue weighted by atomic mass is 10.1. The molecule has 3 rings (SSSR count). The van der Waals surface area contributed by atoms with Gasteiger partial charge in [0, 0.05) is 11.9 Å². The molecule has 0 saturated heterocycles. The number of para-hydroxylation sites is 1. The maximum absolute atomic E-state index is 11.6. The SMILES string of the molecule is O=C1ON=C(c2ccco2)/C1=C\Nc1ccccc1. The van der Waals surface area contributed by atoms with Gasteiger partial charge in [-0.1, -0.05) is 23.4 Å². The molecule has 0 unspecified atom stereocenters. The number of oxime groups is 1. The van der Waals surface area contributed by atoms with Crippen LogP contribution in [0.25, 0.3) is 0 Å². The molecule has 0 bridgehead atoms. The summed E-state index contributed by atoms with van der Waals surface area (Å²) in [6.07, 6.45) is 3.08. The molecular weight excluding hydrogens is 244 g/mol. The number of anilines is 1. The first-order valence-corrected chi connectivity index (χ1v) is 5.70. The van der Waals surface area contributed by atoms with E-state index >= 15 is 0 Å². The minimum atomic E-state index is -0.505. The van der Waals surface area contributed by atoms with Crippen LogP contribution in [-0.2, 0) is 9.63 Å². The van der Waals surface area contributed by atoms with Crippen molar-refractivity contribution >= 4 is 17.4 Å². The third-order valence-electron chi connectivity index (χ3n) is 2.61. The highest BCUT2D eigenvalue weighted by Crippen LogP contribution is 2.18. The second kappa shape index (κ2) is 4.81. The summed E-state index contributed by atoms with van der Waals surface area (Å²) in [6.45, 7) is 0. The lowest BCUT2D eigenvalue weighted by Crippen LogP contribution is -2.08. The Kier molecular flexibility index (Phi) is 2.86. The summed E-state index contributed by atoms with van der Waals surface area (Å²) in [7, 11) is 0. The molecule has 1 N–H and O–H groups in total. The summed E-state index contributed by atoms with van der Waals surface area (Å²) >= 11 is 0. The third-order valence-corrected chi connectivity index (χ3v) is 2.61. The molecule has 0 spiro atoms. The summed E-state index contributed by atoms with van der Waals surface area (Å²) in [6, 6.07) is 12.9. The fourth-order valence-electron chi connectivity index (χ4n) is 1.69. The van der Waals surface area contributed by atoms with E-state index in [0.29, 0.717) is 17.0 Å². The van der Waals surface area contributed by atoms with Crippen molar-refractivity contribution in [1.82, 2.24) is 0 Å². The molecule has 94 valence electrons. The number of carbonyl (C=O) groups is 1. The van der Waals surface area contributed by atoms with Crippen molar-refractivity contribution < 1.29 is 14.0 Å². The molecule has 2 heterocycles. The summed E-state index contributed by atoms with van der Waals surface area (Å²) < 4.78 is 5.22. The maximum atomic E-state index is 11.6. The van der Waals surface area contributed by atoms with Crippen molar-refractivity contribution in [2.75, 3.05) is 5.32 Å². The predicted molar refractivity (Wildman–Crippen MR) is 69.5 cm³/mol. The average molecular weight is 254 g/mol. The molecule has 5 nitrogen and oxygen atoms in total. The summed E-state index contributed by atoms with van der Waals surface area (Å²) in [5.41, 5.74) is 1.59. The molecule has 0 radical (unpaired) electrons. The largest absolute Gasteiger partial charge is 0.463 e. The van der Waals surface area contributed by atoms with Crippen LogP contribution in [0, 0.1) is 0 Å². The molecule has 0 saturated carbocycles. The highest BCUT2D eigenvalue weighted by molar-refractivity contribution is 6.28. The van der Waals surface area contributed by atoms with E-state index in [2.05, 4.69) is 15.3 Å². The number of benzene rings is 1. The summed E-state index contributed by atoms with van der Waals surface area (Å²) in [5.74, 6) is -0.0122. The van der Waals surface area contributed by atoms with Gasteiger partial charge in [-0.3, -0.25) is 0 Å². The molecule has 0 fully saturated rings. The number of rotatable bonds is 3. The zero-order chi connectivity index (χ0) is 13.1. The van der Waals surface area contributed by atoms with Gasteiger partial charge in [0.25, 0.3) is 0 Å². The lowest BCUT2D eigenvalue weighted by Gasteiger charge is -2.01. The number of hydrogen-bond donors (Lipinski definition) is 1. The lowest BCUT2D eigenvalue weighted by molar-refractivity contribution is -0.136. The third kappa shape index (κ3) is 2.26. The first kappa shape index (κ1) is 11.3. The van der Waals surface area contributed by atoms with E-state index in [-0.39, 0.29) is 0 Å². The van der Waals surface area contributed by atoms with Crippen LogP contribution in [0.1, 0.15) is 5.76 Å². The van der Waals surface area contributed by atoms with Crippen LogP contribution in [0.5, 0.6) is 0 Å². The molecule has 0 aliphatic carbocycles. The van der Waals surface area contributed by atoms with Crippen molar-refractivity contribution in [2.24, 2.45) is 5.16 Å². The van der Waals surface area contributed by atoms with Gasteiger partial charge < -0.3 is 14.6 Å². The van der Waals surface area contributed by atoms with Gasteiger partial charge in [-0.15, -0.1) is 0 Å². The zero-order valence-electron chi connectivity index (χ0n) is 9.87. The molecular formula is C14H10N2O3. The molecule has 1 aromatic carbocycles. The van der Waals surface area contributed by atoms with Gasteiger partial charge in [0.15, 0.2) is 11.5 Å². The number of carbonyl (C=O) groups excluding carboxylic acids is 1. The van der Waals surface area contributed by atoms with Gasteiger partial charge in [-0.2, -0.15) is 0 Å². The minimum absolute atomic E-state index is 0.332. The molecule has 1 aliphatic rings. The van der Waals surface area contributed by atoms with Crippen LogP contribution < -0.4 is 5.32 Å². The highest BCUT2D eigenvalue weighted by Gasteiger charge is 2.28. The van der Waals surface area contributed by atoms with E-state index in [1.54, 1.807) is 18.3 Å². The fourth-order valence-corrected chi connectivity index (χ4v) is 1.69. The van der Waals surface area contributed by atoms with Crippen LogP contribution in [0.15, 0.2) is 70.1 Å². The Morgan fingerprint density at radius 1 is 1.11 bits per heavy atom. The molecule has 19 heavy (non-hydrogen) atoms.